The second kappa shape index (κ2) is 8.08. The standard InChI is InChI=1S/C22H17FN2O4S/c23-17-12-10-16(11-13-17)21-19-8-4-5-9-20(19)22(26)25(24-21)14-15-30(27,28)29-18-6-2-1-3-7-18/h1-13H,14-15H2. The third kappa shape index (κ3) is 4.23. The molecule has 1 aromatic heterocycles. The van der Waals surface area contributed by atoms with E-state index in [0.29, 0.717) is 22.0 Å². The lowest BCUT2D eigenvalue weighted by Crippen LogP contribution is -2.28. The van der Waals surface area contributed by atoms with Gasteiger partial charge in [0, 0.05) is 10.9 Å². The third-order valence-electron chi connectivity index (χ3n) is 4.50. The van der Waals surface area contributed by atoms with Crippen LogP contribution in [-0.2, 0) is 16.7 Å². The van der Waals surface area contributed by atoms with Crippen molar-refractivity contribution in [3.8, 4) is 17.0 Å². The molecule has 4 rings (SSSR count). The molecule has 8 heteroatoms. The van der Waals surface area contributed by atoms with Gasteiger partial charge in [0.05, 0.1) is 17.6 Å². The number of halogens is 1. The molecule has 0 saturated heterocycles. The van der Waals surface area contributed by atoms with E-state index in [-0.39, 0.29) is 18.1 Å². The van der Waals surface area contributed by atoms with Crippen molar-refractivity contribution in [1.29, 1.82) is 0 Å². The Morgan fingerprint density at radius 2 is 1.50 bits per heavy atom. The zero-order chi connectivity index (χ0) is 21.1. The number of aryl methyl sites for hydroxylation is 1. The van der Waals surface area contributed by atoms with Gasteiger partial charge < -0.3 is 4.18 Å². The maximum absolute atomic E-state index is 13.3. The summed E-state index contributed by atoms with van der Waals surface area (Å²) in [6.07, 6.45) is 0. The lowest BCUT2D eigenvalue weighted by atomic mass is 10.1. The number of benzene rings is 3. The van der Waals surface area contributed by atoms with E-state index in [4.69, 9.17) is 4.18 Å². The highest BCUT2D eigenvalue weighted by molar-refractivity contribution is 7.87. The summed E-state index contributed by atoms with van der Waals surface area (Å²) in [7, 11) is -3.94. The van der Waals surface area contributed by atoms with Crippen molar-refractivity contribution in [2.24, 2.45) is 0 Å². The lowest BCUT2D eigenvalue weighted by Gasteiger charge is -2.12. The Kier molecular flexibility index (Phi) is 5.33. The first-order valence-corrected chi connectivity index (χ1v) is 10.7. The van der Waals surface area contributed by atoms with Crippen molar-refractivity contribution in [2.45, 2.75) is 6.54 Å². The van der Waals surface area contributed by atoms with Gasteiger partial charge in [-0.2, -0.15) is 13.5 Å². The van der Waals surface area contributed by atoms with E-state index < -0.39 is 21.4 Å². The molecule has 3 aromatic carbocycles. The molecule has 0 radical (unpaired) electrons. The zero-order valence-corrected chi connectivity index (χ0v) is 16.5. The average molecular weight is 424 g/mol. The van der Waals surface area contributed by atoms with E-state index in [2.05, 4.69) is 5.10 Å². The Balaban J connectivity index is 1.70. The summed E-state index contributed by atoms with van der Waals surface area (Å²) in [5, 5.41) is 5.37. The first-order chi connectivity index (χ1) is 14.4. The monoisotopic (exact) mass is 424 g/mol. The molecule has 0 aliphatic carbocycles. The molecule has 0 fully saturated rings. The number of nitrogens with zero attached hydrogens (tertiary/aromatic N) is 2. The van der Waals surface area contributed by atoms with Gasteiger partial charge in [0.15, 0.2) is 0 Å². The Bertz CT molecular complexity index is 1350. The average Bonchev–Trinajstić information content (AvgIpc) is 2.75. The predicted molar refractivity (Wildman–Crippen MR) is 112 cm³/mol. The number of hydrogen-bond acceptors (Lipinski definition) is 5. The zero-order valence-electron chi connectivity index (χ0n) is 15.7. The topological polar surface area (TPSA) is 78.3 Å². The largest absolute Gasteiger partial charge is 0.382 e. The van der Waals surface area contributed by atoms with Crippen LogP contribution in [0.25, 0.3) is 22.0 Å². The second-order valence-electron chi connectivity index (χ2n) is 6.59. The normalized spacial score (nSPS) is 11.5. The Hall–Kier alpha value is -3.52. The predicted octanol–water partition coefficient (Wildman–Crippen LogP) is 3.61. The van der Waals surface area contributed by atoms with E-state index in [1.807, 2.05) is 0 Å². The van der Waals surface area contributed by atoms with Gasteiger partial charge >= 0.3 is 10.1 Å². The molecular weight excluding hydrogens is 407 g/mol. The molecule has 0 saturated carbocycles. The van der Waals surface area contributed by atoms with Crippen molar-refractivity contribution >= 4 is 20.9 Å². The molecule has 152 valence electrons. The van der Waals surface area contributed by atoms with Crippen LogP contribution in [0.2, 0.25) is 0 Å². The maximum Gasteiger partial charge on any atom is 0.311 e. The fourth-order valence-corrected chi connectivity index (χ4v) is 3.95. The Morgan fingerprint density at radius 1 is 0.867 bits per heavy atom. The smallest absolute Gasteiger partial charge is 0.311 e. The van der Waals surface area contributed by atoms with Gasteiger partial charge in [0.2, 0.25) is 0 Å². The summed E-state index contributed by atoms with van der Waals surface area (Å²) < 4.78 is 44.2. The molecule has 0 aliphatic heterocycles. The molecule has 0 amide bonds. The minimum atomic E-state index is -3.94. The van der Waals surface area contributed by atoms with Crippen molar-refractivity contribution in [3.63, 3.8) is 0 Å². The number of fused-ring (bicyclic) bond motifs is 1. The molecule has 30 heavy (non-hydrogen) atoms. The number of rotatable bonds is 6. The van der Waals surface area contributed by atoms with Crippen molar-refractivity contribution in [1.82, 2.24) is 9.78 Å². The maximum atomic E-state index is 13.3. The van der Waals surface area contributed by atoms with Gasteiger partial charge in [0.1, 0.15) is 17.3 Å². The Labute approximate surface area is 172 Å². The van der Waals surface area contributed by atoms with Gasteiger partial charge in [-0.1, -0.05) is 36.4 Å². The van der Waals surface area contributed by atoms with Crippen LogP contribution in [-0.4, -0.2) is 24.0 Å². The number of aromatic nitrogens is 2. The molecule has 0 spiro atoms. The third-order valence-corrected chi connectivity index (χ3v) is 5.63. The minimum Gasteiger partial charge on any atom is -0.382 e. The molecule has 0 bridgehead atoms. The van der Waals surface area contributed by atoms with Crippen LogP contribution in [0.4, 0.5) is 4.39 Å². The highest BCUT2D eigenvalue weighted by Crippen LogP contribution is 2.24. The molecule has 4 aromatic rings. The Morgan fingerprint density at radius 3 is 2.20 bits per heavy atom. The summed E-state index contributed by atoms with van der Waals surface area (Å²) in [5.41, 5.74) is 0.669. The SMILES string of the molecule is O=c1c2ccccc2c(-c2ccc(F)cc2)nn1CCS(=O)(=O)Oc1ccccc1. The van der Waals surface area contributed by atoms with Crippen LogP contribution in [0.5, 0.6) is 5.75 Å². The first kappa shape index (κ1) is 19.8. The van der Waals surface area contributed by atoms with E-state index in [1.54, 1.807) is 54.6 Å². The van der Waals surface area contributed by atoms with Gasteiger partial charge in [-0.15, -0.1) is 0 Å². The molecule has 0 atom stereocenters. The summed E-state index contributed by atoms with van der Waals surface area (Å²) in [6.45, 7) is -0.187. The van der Waals surface area contributed by atoms with E-state index in [0.717, 1.165) is 4.68 Å². The minimum absolute atomic E-state index is 0.187. The molecule has 0 unspecified atom stereocenters. The summed E-state index contributed by atoms with van der Waals surface area (Å²) in [6, 6.07) is 20.8. The highest BCUT2D eigenvalue weighted by Gasteiger charge is 2.17. The highest BCUT2D eigenvalue weighted by atomic mass is 32.2. The number of hydrogen-bond donors (Lipinski definition) is 0. The fourth-order valence-electron chi connectivity index (χ4n) is 3.07. The summed E-state index contributed by atoms with van der Waals surface area (Å²) in [5.74, 6) is -0.625. The van der Waals surface area contributed by atoms with Crippen molar-refractivity contribution < 1.29 is 17.0 Å². The van der Waals surface area contributed by atoms with Gasteiger partial charge in [-0.3, -0.25) is 4.79 Å². The van der Waals surface area contributed by atoms with E-state index >= 15 is 0 Å². The van der Waals surface area contributed by atoms with Crippen molar-refractivity contribution in [2.75, 3.05) is 5.75 Å². The molecule has 1 heterocycles. The second-order valence-corrected chi connectivity index (χ2v) is 8.28. The van der Waals surface area contributed by atoms with Crippen molar-refractivity contribution in [3.05, 3.63) is 95.0 Å². The van der Waals surface area contributed by atoms with Gasteiger partial charge in [0.25, 0.3) is 5.56 Å². The number of para-hydroxylation sites is 1. The molecule has 0 aliphatic rings. The van der Waals surface area contributed by atoms with Crippen LogP contribution in [0.3, 0.4) is 0 Å². The van der Waals surface area contributed by atoms with E-state index in [9.17, 15) is 17.6 Å². The van der Waals surface area contributed by atoms with Gasteiger partial charge in [-0.05, 0) is 42.5 Å². The van der Waals surface area contributed by atoms with Gasteiger partial charge in [-0.25, -0.2) is 9.07 Å². The summed E-state index contributed by atoms with van der Waals surface area (Å²) in [4.78, 5) is 12.8. The van der Waals surface area contributed by atoms with Crippen LogP contribution >= 0.6 is 0 Å². The molecular formula is C22H17FN2O4S. The van der Waals surface area contributed by atoms with E-state index in [1.165, 1.54) is 24.3 Å². The molecule has 0 N–H and O–H groups in total. The first-order valence-electron chi connectivity index (χ1n) is 9.16. The summed E-state index contributed by atoms with van der Waals surface area (Å²) >= 11 is 0. The fraction of sp³-hybridized carbons (Fsp3) is 0.0909. The lowest BCUT2D eigenvalue weighted by molar-refractivity contribution is 0.477. The van der Waals surface area contributed by atoms with Crippen LogP contribution < -0.4 is 9.74 Å². The quantitative estimate of drug-likeness (QED) is 0.442. The van der Waals surface area contributed by atoms with Crippen LogP contribution in [0, 0.1) is 5.82 Å². The molecule has 6 nitrogen and oxygen atoms in total. The van der Waals surface area contributed by atoms with Crippen LogP contribution in [0.1, 0.15) is 0 Å². The van der Waals surface area contributed by atoms with Crippen LogP contribution in [0.15, 0.2) is 83.7 Å².